The summed E-state index contributed by atoms with van der Waals surface area (Å²) in [5.74, 6) is 5.08. The van der Waals surface area contributed by atoms with E-state index < -0.39 is 11.4 Å². The molecule has 2 rings (SSSR count). The second-order valence-electron chi connectivity index (χ2n) is 5.03. The molecule has 1 aromatic rings. The SMILES string of the molecule is CC(C)(O)C#Cc1ccc(C2(C)OCCO2)cc1. The molecule has 1 saturated heterocycles. The first-order valence-electron chi connectivity index (χ1n) is 6.03. The Morgan fingerprint density at radius 1 is 1.17 bits per heavy atom. The quantitative estimate of drug-likeness (QED) is 0.771. The lowest BCUT2D eigenvalue weighted by Crippen LogP contribution is -2.22. The number of hydrogen-bond donors (Lipinski definition) is 1. The molecule has 1 heterocycles. The van der Waals surface area contributed by atoms with Crippen LogP contribution < -0.4 is 0 Å². The van der Waals surface area contributed by atoms with Gasteiger partial charge in [-0.1, -0.05) is 24.0 Å². The maximum absolute atomic E-state index is 9.53. The fourth-order valence-electron chi connectivity index (χ4n) is 1.76. The average Bonchev–Trinajstić information content (AvgIpc) is 2.75. The fourth-order valence-corrected chi connectivity index (χ4v) is 1.76. The average molecular weight is 246 g/mol. The Kier molecular flexibility index (Phi) is 3.45. The second-order valence-corrected chi connectivity index (χ2v) is 5.03. The van der Waals surface area contributed by atoms with E-state index in [0.717, 1.165) is 11.1 Å². The van der Waals surface area contributed by atoms with E-state index in [4.69, 9.17) is 9.47 Å². The molecule has 96 valence electrons. The van der Waals surface area contributed by atoms with E-state index in [2.05, 4.69) is 11.8 Å². The molecule has 0 aromatic heterocycles. The number of hydrogen-bond acceptors (Lipinski definition) is 3. The number of aliphatic hydroxyl groups is 1. The Morgan fingerprint density at radius 2 is 1.72 bits per heavy atom. The first kappa shape index (κ1) is 13.1. The molecule has 1 fully saturated rings. The van der Waals surface area contributed by atoms with Crippen LogP contribution in [0.4, 0.5) is 0 Å². The van der Waals surface area contributed by atoms with Crippen molar-refractivity contribution in [2.45, 2.75) is 32.2 Å². The van der Waals surface area contributed by atoms with E-state index in [0.29, 0.717) is 13.2 Å². The Balaban J connectivity index is 2.17. The van der Waals surface area contributed by atoms with Gasteiger partial charge in [-0.3, -0.25) is 0 Å². The van der Waals surface area contributed by atoms with Gasteiger partial charge in [-0.2, -0.15) is 0 Å². The molecular formula is C15H18O3. The minimum absolute atomic E-state index is 0.622. The lowest BCUT2D eigenvalue weighted by Gasteiger charge is -2.22. The van der Waals surface area contributed by atoms with Gasteiger partial charge in [0.15, 0.2) is 5.79 Å². The Hall–Kier alpha value is -1.34. The molecule has 1 aliphatic rings. The highest BCUT2D eigenvalue weighted by molar-refractivity contribution is 5.38. The second kappa shape index (κ2) is 4.74. The highest BCUT2D eigenvalue weighted by Crippen LogP contribution is 2.30. The summed E-state index contributed by atoms with van der Waals surface area (Å²) in [6.45, 7) is 6.48. The minimum atomic E-state index is -0.970. The van der Waals surface area contributed by atoms with Crippen LogP contribution >= 0.6 is 0 Å². The van der Waals surface area contributed by atoms with Gasteiger partial charge in [-0.25, -0.2) is 0 Å². The highest BCUT2D eigenvalue weighted by Gasteiger charge is 2.32. The van der Waals surface area contributed by atoms with Crippen molar-refractivity contribution in [3.63, 3.8) is 0 Å². The summed E-state index contributed by atoms with van der Waals surface area (Å²) in [5.41, 5.74) is 0.874. The number of ether oxygens (including phenoxy) is 2. The summed E-state index contributed by atoms with van der Waals surface area (Å²) in [5, 5.41) is 9.53. The molecule has 3 nitrogen and oxygen atoms in total. The normalized spacial score (nSPS) is 18.2. The fraction of sp³-hybridized carbons (Fsp3) is 0.467. The van der Waals surface area contributed by atoms with Gasteiger partial charge in [0.2, 0.25) is 0 Å². The Labute approximate surface area is 108 Å². The first-order chi connectivity index (χ1) is 8.39. The molecule has 0 bridgehead atoms. The van der Waals surface area contributed by atoms with Crippen LogP contribution in [-0.2, 0) is 15.3 Å². The summed E-state index contributed by atoms with van der Waals surface area (Å²) in [7, 11) is 0. The van der Waals surface area contributed by atoms with Crippen LogP contribution in [0, 0.1) is 11.8 Å². The van der Waals surface area contributed by atoms with Crippen molar-refractivity contribution in [1.29, 1.82) is 0 Å². The van der Waals surface area contributed by atoms with Crippen molar-refractivity contribution in [3.05, 3.63) is 35.4 Å². The van der Waals surface area contributed by atoms with Gasteiger partial charge in [0.25, 0.3) is 0 Å². The van der Waals surface area contributed by atoms with Crippen molar-refractivity contribution in [2.24, 2.45) is 0 Å². The summed E-state index contributed by atoms with van der Waals surface area (Å²) in [4.78, 5) is 0. The van der Waals surface area contributed by atoms with Gasteiger partial charge in [-0.15, -0.1) is 0 Å². The van der Waals surface area contributed by atoms with Crippen LogP contribution in [0.5, 0.6) is 0 Å². The molecule has 0 amide bonds. The van der Waals surface area contributed by atoms with Crippen LogP contribution in [0.25, 0.3) is 0 Å². The first-order valence-corrected chi connectivity index (χ1v) is 6.03. The van der Waals surface area contributed by atoms with Gasteiger partial charge in [0.05, 0.1) is 13.2 Å². The maximum atomic E-state index is 9.53. The van der Waals surface area contributed by atoms with Crippen LogP contribution in [-0.4, -0.2) is 23.9 Å². The molecule has 0 spiro atoms. The minimum Gasteiger partial charge on any atom is -0.378 e. The third-order valence-corrected chi connectivity index (χ3v) is 2.76. The lowest BCUT2D eigenvalue weighted by molar-refractivity contribution is -0.149. The van der Waals surface area contributed by atoms with Gasteiger partial charge in [0.1, 0.15) is 5.60 Å². The van der Waals surface area contributed by atoms with Crippen molar-refractivity contribution in [3.8, 4) is 11.8 Å². The third kappa shape index (κ3) is 3.11. The van der Waals surface area contributed by atoms with Crippen molar-refractivity contribution in [1.82, 2.24) is 0 Å². The maximum Gasteiger partial charge on any atom is 0.192 e. The van der Waals surface area contributed by atoms with E-state index in [1.54, 1.807) is 13.8 Å². The summed E-state index contributed by atoms with van der Waals surface area (Å²) in [6.07, 6.45) is 0. The highest BCUT2D eigenvalue weighted by atomic mass is 16.7. The predicted octanol–water partition coefficient (Wildman–Crippen LogP) is 2.03. The van der Waals surface area contributed by atoms with E-state index in [9.17, 15) is 5.11 Å². The molecule has 0 saturated carbocycles. The molecule has 18 heavy (non-hydrogen) atoms. The van der Waals surface area contributed by atoms with Gasteiger partial charge >= 0.3 is 0 Å². The standard InChI is InChI=1S/C15H18O3/c1-14(2,16)9-8-12-4-6-13(7-5-12)15(3)17-10-11-18-15/h4-7,16H,10-11H2,1-3H3. The molecule has 0 radical (unpaired) electrons. The molecule has 1 N–H and O–H groups in total. The zero-order chi connectivity index (χ0) is 13.2. The Bertz CT molecular complexity index is 465. The van der Waals surface area contributed by atoms with Crippen LogP contribution in [0.15, 0.2) is 24.3 Å². The molecule has 0 aliphatic carbocycles. The number of rotatable bonds is 1. The summed E-state index contributed by atoms with van der Waals surface area (Å²) in [6, 6.07) is 7.70. The van der Waals surface area contributed by atoms with E-state index >= 15 is 0 Å². The van der Waals surface area contributed by atoms with Crippen LogP contribution in [0.1, 0.15) is 31.9 Å². The molecular weight excluding hydrogens is 228 g/mol. The summed E-state index contributed by atoms with van der Waals surface area (Å²) < 4.78 is 11.2. The van der Waals surface area contributed by atoms with Gasteiger partial charge in [0, 0.05) is 11.1 Å². The molecule has 0 atom stereocenters. The molecule has 1 aliphatic heterocycles. The van der Waals surface area contributed by atoms with Crippen LogP contribution in [0.2, 0.25) is 0 Å². The van der Waals surface area contributed by atoms with Gasteiger partial charge < -0.3 is 14.6 Å². The number of benzene rings is 1. The van der Waals surface area contributed by atoms with Crippen LogP contribution in [0.3, 0.4) is 0 Å². The zero-order valence-electron chi connectivity index (χ0n) is 11.0. The smallest absolute Gasteiger partial charge is 0.192 e. The van der Waals surface area contributed by atoms with Crippen molar-refractivity contribution >= 4 is 0 Å². The third-order valence-electron chi connectivity index (χ3n) is 2.76. The largest absolute Gasteiger partial charge is 0.378 e. The lowest BCUT2D eigenvalue weighted by atomic mass is 10.0. The zero-order valence-corrected chi connectivity index (χ0v) is 11.0. The van der Waals surface area contributed by atoms with Gasteiger partial charge in [-0.05, 0) is 32.9 Å². The molecule has 3 heteroatoms. The molecule has 1 aromatic carbocycles. The predicted molar refractivity (Wildman–Crippen MR) is 68.9 cm³/mol. The van der Waals surface area contributed by atoms with Crippen molar-refractivity contribution in [2.75, 3.05) is 13.2 Å². The topological polar surface area (TPSA) is 38.7 Å². The van der Waals surface area contributed by atoms with E-state index in [1.807, 2.05) is 31.2 Å². The Morgan fingerprint density at radius 3 is 2.22 bits per heavy atom. The monoisotopic (exact) mass is 246 g/mol. The van der Waals surface area contributed by atoms with E-state index in [1.165, 1.54) is 0 Å². The van der Waals surface area contributed by atoms with E-state index in [-0.39, 0.29) is 0 Å². The summed E-state index contributed by atoms with van der Waals surface area (Å²) >= 11 is 0. The molecule has 0 unspecified atom stereocenters. The van der Waals surface area contributed by atoms with Crippen molar-refractivity contribution < 1.29 is 14.6 Å².